The minimum Gasteiger partial charge on any atom is -0.383 e. The minimum absolute atomic E-state index is 0.116. The first kappa shape index (κ1) is 15.5. The van der Waals surface area contributed by atoms with Crippen LogP contribution in [0.1, 0.15) is 29.4 Å². The van der Waals surface area contributed by atoms with E-state index in [2.05, 4.69) is 6.92 Å². The molecule has 112 valence electrons. The van der Waals surface area contributed by atoms with Crippen molar-refractivity contribution >= 4 is 17.2 Å². The van der Waals surface area contributed by atoms with Crippen molar-refractivity contribution in [2.75, 3.05) is 40.0 Å². The van der Waals surface area contributed by atoms with Crippen molar-refractivity contribution in [2.24, 2.45) is 5.41 Å². The maximum absolute atomic E-state index is 12.6. The highest BCUT2D eigenvalue weighted by Crippen LogP contribution is 2.31. The highest BCUT2D eigenvalue weighted by molar-refractivity contribution is 7.12. The standard InChI is InChI=1S/C15H23NO3S/c1-15(5-8-19-9-6-15)12-16(7-10-18-2)14(17)13-4-3-11-20-13/h3-4,11H,5-10,12H2,1-2H3. The molecule has 0 bridgehead atoms. The topological polar surface area (TPSA) is 38.8 Å². The quantitative estimate of drug-likeness (QED) is 0.810. The molecule has 1 aromatic rings. The molecule has 0 saturated carbocycles. The van der Waals surface area contributed by atoms with Crippen LogP contribution in [0.3, 0.4) is 0 Å². The molecule has 0 radical (unpaired) electrons. The Morgan fingerprint density at radius 2 is 2.25 bits per heavy atom. The first-order chi connectivity index (χ1) is 9.64. The summed E-state index contributed by atoms with van der Waals surface area (Å²) in [7, 11) is 1.67. The SMILES string of the molecule is COCCN(CC1(C)CCOCC1)C(=O)c1cccs1. The summed E-state index contributed by atoms with van der Waals surface area (Å²) in [4.78, 5) is 15.3. The molecule has 1 saturated heterocycles. The Morgan fingerprint density at radius 3 is 2.85 bits per heavy atom. The molecule has 0 atom stereocenters. The van der Waals surface area contributed by atoms with Crippen molar-refractivity contribution in [1.29, 1.82) is 0 Å². The van der Waals surface area contributed by atoms with Crippen LogP contribution >= 0.6 is 11.3 Å². The molecule has 0 aromatic carbocycles. The van der Waals surface area contributed by atoms with Gasteiger partial charge in [0.2, 0.25) is 0 Å². The summed E-state index contributed by atoms with van der Waals surface area (Å²) in [5, 5.41) is 1.94. The summed E-state index contributed by atoms with van der Waals surface area (Å²) in [6.07, 6.45) is 2.02. The third kappa shape index (κ3) is 4.04. The van der Waals surface area contributed by atoms with E-state index in [1.54, 1.807) is 7.11 Å². The number of amides is 1. The highest BCUT2D eigenvalue weighted by atomic mass is 32.1. The Morgan fingerprint density at radius 1 is 1.50 bits per heavy atom. The van der Waals surface area contributed by atoms with Crippen molar-refractivity contribution in [3.63, 3.8) is 0 Å². The number of nitrogens with zero attached hydrogens (tertiary/aromatic N) is 1. The second kappa shape index (κ2) is 7.20. The van der Waals surface area contributed by atoms with Gasteiger partial charge in [-0.25, -0.2) is 0 Å². The van der Waals surface area contributed by atoms with Crippen LogP contribution < -0.4 is 0 Å². The molecule has 1 amide bonds. The maximum atomic E-state index is 12.6. The summed E-state index contributed by atoms with van der Waals surface area (Å²) in [5.41, 5.74) is 0.152. The molecule has 0 aliphatic carbocycles. The molecule has 0 unspecified atom stereocenters. The van der Waals surface area contributed by atoms with Gasteiger partial charge in [-0.2, -0.15) is 0 Å². The van der Waals surface area contributed by atoms with Gasteiger partial charge < -0.3 is 14.4 Å². The van der Waals surface area contributed by atoms with E-state index >= 15 is 0 Å². The minimum atomic E-state index is 0.116. The summed E-state index contributed by atoms with van der Waals surface area (Å²) in [6.45, 7) is 5.82. The molecule has 0 N–H and O–H groups in total. The fourth-order valence-corrected chi connectivity index (χ4v) is 3.18. The maximum Gasteiger partial charge on any atom is 0.264 e. The summed E-state index contributed by atoms with van der Waals surface area (Å²) in [5.74, 6) is 0.116. The number of rotatable bonds is 6. The van der Waals surface area contributed by atoms with Crippen LogP contribution in [0.25, 0.3) is 0 Å². The lowest BCUT2D eigenvalue weighted by Gasteiger charge is -2.38. The average molecular weight is 297 g/mol. The Balaban J connectivity index is 2.04. The zero-order valence-electron chi connectivity index (χ0n) is 12.3. The zero-order valence-corrected chi connectivity index (χ0v) is 13.1. The molecule has 5 heteroatoms. The number of hydrogen-bond acceptors (Lipinski definition) is 4. The first-order valence-corrected chi connectivity index (χ1v) is 7.92. The predicted molar refractivity (Wildman–Crippen MR) is 80.3 cm³/mol. The number of carbonyl (C=O) groups excluding carboxylic acids is 1. The molecule has 4 nitrogen and oxygen atoms in total. The molecule has 1 aliphatic heterocycles. The van der Waals surface area contributed by atoms with Crippen LogP contribution in [0.2, 0.25) is 0 Å². The van der Waals surface area contributed by atoms with Gasteiger partial charge in [-0.05, 0) is 29.7 Å². The van der Waals surface area contributed by atoms with Crippen molar-refractivity contribution in [3.05, 3.63) is 22.4 Å². The number of methoxy groups -OCH3 is 1. The normalized spacial score (nSPS) is 17.9. The van der Waals surface area contributed by atoms with Crippen molar-refractivity contribution in [2.45, 2.75) is 19.8 Å². The van der Waals surface area contributed by atoms with Crippen LogP contribution in [-0.2, 0) is 9.47 Å². The van der Waals surface area contributed by atoms with Crippen molar-refractivity contribution in [1.82, 2.24) is 4.90 Å². The molecular weight excluding hydrogens is 274 g/mol. The lowest BCUT2D eigenvalue weighted by Crippen LogP contribution is -2.43. The largest absolute Gasteiger partial charge is 0.383 e. The second-order valence-electron chi connectivity index (χ2n) is 5.62. The van der Waals surface area contributed by atoms with Crippen LogP contribution in [-0.4, -0.2) is 50.8 Å². The van der Waals surface area contributed by atoms with Crippen LogP contribution in [0, 0.1) is 5.41 Å². The van der Waals surface area contributed by atoms with E-state index in [0.29, 0.717) is 13.2 Å². The van der Waals surface area contributed by atoms with E-state index < -0.39 is 0 Å². The molecule has 2 heterocycles. The van der Waals surface area contributed by atoms with Gasteiger partial charge in [-0.15, -0.1) is 11.3 Å². The number of hydrogen-bond donors (Lipinski definition) is 0. The molecule has 20 heavy (non-hydrogen) atoms. The van der Waals surface area contributed by atoms with E-state index in [-0.39, 0.29) is 11.3 Å². The number of carbonyl (C=O) groups is 1. The predicted octanol–water partition coefficient (Wildman–Crippen LogP) is 2.65. The van der Waals surface area contributed by atoms with Gasteiger partial charge >= 0.3 is 0 Å². The fourth-order valence-electron chi connectivity index (χ4n) is 2.49. The van der Waals surface area contributed by atoms with Crippen LogP contribution in [0.4, 0.5) is 0 Å². The Hall–Kier alpha value is -0.910. The third-order valence-corrected chi connectivity index (χ3v) is 4.71. The summed E-state index contributed by atoms with van der Waals surface area (Å²) < 4.78 is 10.6. The van der Waals surface area contributed by atoms with Crippen molar-refractivity contribution in [3.8, 4) is 0 Å². The molecule has 1 aliphatic rings. The zero-order chi connectivity index (χ0) is 14.4. The summed E-state index contributed by atoms with van der Waals surface area (Å²) >= 11 is 1.50. The van der Waals surface area contributed by atoms with Gasteiger partial charge in [0, 0.05) is 33.4 Å². The Kier molecular flexibility index (Phi) is 5.57. The van der Waals surface area contributed by atoms with E-state index in [0.717, 1.165) is 37.5 Å². The third-order valence-electron chi connectivity index (χ3n) is 3.86. The highest BCUT2D eigenvalue weighted by Gasteiger charge is 2.31. The van der Waals surface area contributed by atoms with E-state index in [9.17, 15) is 4.79 Å². The van der Waals surface area contributed by atoms with Gasteiger partial charge in [-0.1, -0.05) is 13.0 Å². The van der Waals surface area contributed by atoms with Crippen LogP contribution in [0.15, 0.2) is 17.5 Å². The molecule has 1 aromatic heterocycles. The van der Waals surface area contributed by atoms with E-state index in [4.69, 9.17) is 9.47 Å². The first-order valence-electron chi connectivity index (χ1n) is 7.04. The molecule has 2 rings (SSSR count). The van der Waals surface area contributed by atoms with Gasteiger partial charge in [0.1, 0.15) is 0 Å². The average Bonchev–Trinajstić information content (AvgIpc) is 2.97. The van der Waals surface area contributed by atoms with Gasteiger partial charge in [0.25, 0.3) is 5.91 Å². The van der Waals surface area contributed by atoms with E-state index in [1.807, 2.05) is 22.4 Å². The fraction of sp³-hybridized carbons (Fsp3) is 0.667. The number of thiophene rings is 1. The Bertz CT molecular complexity index is 413. The summed E-state index contributed by atoms with van der Waals surface area (Å²) in [6, 6.07) is 3.81. The Labute approximate surface area is 124 Å². The van der Waals surface area contributed by atoms with Gasteiger partial charge in [0.15, 0.2) is 0 Å². The van der Waals surface area contributed by atoms with Gasteiger partial charge in [0.05, 0.1) is 11.5 Å². The monoisotopic (exact) mass is 297 g/mol. The van der Waals surface area contributed by atoms with E-state index in [1.165, 1.54) is 11.3 Å². The van der Waals surface area contributed by atoms with Crippen molar-refractivity contribution < 1.29 is 14.3 Å². The smallest absolute Gasteiger partial charge is 0.264 e. The number of ether oxygens (including phenoxy) is 2. The molecule has 1 fully saturated rings. The molecule has 0 spiro atoms. The second-order valence-corrected chi connectivity index (χ2v) is 6.57. The molecular formula is C15H23NO3S. The van der Waals surface area contributed by atoms with Gasteiger partial charge in [-0.3, -0.25) is 4.79 Å². The lowest BCUT2D eigenvalue weighted by atomic mass is 9.82. The lowest BCUT2D eigenvalue weighted by molar-refractivity contribution is 0.00285. The van der Waals surface area contributed by atoms with Crippen LogP contribution in [0.5, 0.6) is 0 Å².